The second kappa shape index (κ2) is 9.42. The van der Waals surface area contributed by atoms with Crippen molar-refractivity contribution in [1.82, 2.24) is 0 Å². The molecule has 0 bridgehead atoms. The molecule has 0 saturated heterocycles. The molecule has 1 atom stereocenters. The number of nitrogens with zero attached hydrogens (tertiary/aromatic N) is 1. The molecule has 1 aliphatic rings. The number of aliphatic imine (C=N–C) groups is 1. The zero-order valence-electron chi connectivity index (χ0n) is 16.4. The van der Waals surface area contributed by atoms with Crippen molar-refractivity contribution in [3.05, 3.63) is 71.8 Å². The lowest BCUT2D eigenvalue weighted by molar-refractivity contribution is 0.0816. The summed E-state index contributed by atoms with van der Waals surface area (Å²) in [5.41, 5.74) is 1.85. The minimum absolute atomic E-state index is 0. The lowest BCUT2D eigenvalue weighted by atomic mass is 9.79. The van der Waals surface area contributed by atoms with Gasteiger partial charge in [-0.1, -0.05) is 81.4 Å². The van der Waals surface area contributed by atoms with Crippen molar-refractivity contribution < 1.29 is 4.43 Å². The van der Waals surface area contributed by atoms with E-state index in [4.69, 9.17) is 9.42 Å². The number of hydrogen-bond donors (Lipinski definition) is 0. The molecule has 144 valence electrons. The third kappa shape index (κ3) is 5.05. The molecule has 0 aromatic heterocycles. The first-order valence-corrected chi connectivity index (χ1v) is 11.3. The van der Waals surface area contributed by atoms with Crippen molar-refractivity contribution in [3.63, 3.8) is 0 Å². The molecule has 0 unspecified atom stereocenters. The molecule has 3 rings (SSSR count). The van der Waals surface area contributed by atoms with Crippen molar-refractivity contribution in [1.29, 1.82) is 0 Å². The van der Waals surface area contributed by atoms with Crippen LogP contribution in [0.5, 0.6) is 0 Å². The molecule has 0 saturated carbocycles. The summed E-state index contributed by atoms with van der Waals surface area (Å²) in [4.78, 5) is 5.09. The molecule has 2 nitrogen and oxygen atoms in total. The standard InChI is InChI=1S/C22H27NOSSi.ClH/c1-21(2,3)26-24-22(17-11-7-5-8-12-17,18-13-9-6-10-14-18)19-15-16-20(23-19)25-4;/h5-14,19H,15-16H2,1-4H3;1H/t19-;/m1./s1. The Labute approximate surface area is 176 Å². The van der Waals surface area contributed by atoms with E-state index in [2.05, 4.69) is 87.7 Å². The fourth-order valence-electron chi connectivity index (χ4n) is 3.35. The van der Waals surface area contributed by atoms with Crippen LogP contribution in [0.25, 0.3) is 0 Å². The molecule has 2 aromatic rings. The lowest BCUT2D eigenvalue weighted by Crippen LogP contribution is -2.43. The summed E-state index contributed by atoms with van der Waals surface area (Å²) in [7, 11) is 0.387. The van der Waals surface area contributed by atoms with Gasteiger partial charge in [0, 0.05) is 0 Å². The summed E-state index contributed by atoms with van der Waals surface area (Å²) in [5.74, 6) is 0. The third-order valence-corrected chi connectivity index (χ3v) is 6.38. The fourth-order valence-corrected chi connectivity index (χ4v) is 4.75. The molecule has 5 heteroatoms. The van der Waals surface area contributed by atoms with Crippen molar-refractivity contribution in [2.75, 3.05) is 6.26 Å². The summed E-state index contributed by atoms with van der Waals surface area (Å²) in [6.45, 7) is 6.70. The quantitative estimate of drug-likeness (QED) is 0.545. The van der Waals surface area contributed by atoms with Gasteiger partial charge >= 0.3 is 0 Å². The van der Waals surface area contributed by atoms with Crippen LogP contribution < -0.4 is 0 Å². The van der Waals surface area contributed by atoms with Crippen LogP contribution in [0, 0.1) is 0 Å². The molecule has 0 amide bonds. The monoisotopic (exact) mass is 417 g/mol. The molecule has 2 radical (unpaired) electrons. The number of halogens is 1. The van der Waals surface area contributed by atoms with Crippen LogP contribution in [0.1, 0.15) is 44.7 Å². The van der Waals surface area contributed by atoms with Crippen LogP contribution in [0.3, 0.4) is 0 Å². The van der Waals surface area contributed by atoms with E-state index in [1.807, 2.05) is 0 Å². The highest BCUT2D eigenvalue weighted by molar-refractivity contribution is 8.13. The van der Waals surface area contributed by atoms with Gasteiger partial charge in [0.15, 0.2) is 0 Å². The minimum atomic E-state index is -0.536. The predicted octanol–water partition coefficient (Wildman–Crippen LogP) is 6.13. The Hall–Kier alpha value is -1.07. The van der Waals surface area contributed by atoms with E-state index in [0.717, 1.165) is 12.8 Å². The molecule has 0 fully saturated rings. The van der Waals surface area contributed by atoms with Crippen molar-refractivity contribution in [3.8, 4) is 0 Å². The Kier molecular flexibility index (Phi) is 7.75. The van der Waals surface area contributed by atoms with Crippen LogP contribution in [-0.4, -0.2) is 27.1 Å². The largest absolute Gasteiger partial charge is 0.401 e. The van der Waals surface area contributed by atoms with Gasteiger partial charge in [-0.15, -0.1) is 24.2 Å². The molecule has 0 aliphatic carbocycles. The first-order chi connectivity index (χ1) is 12.5. The molecule has 0 N–H and O–H groups in total. The summed E-state index contributed by atoms with van der Waals surface area (Å²) in [5, 5.41) is 1.34. The number of rotatable bonds is 5. The molecular weight excluding hydrogens is 390 g/mol. The van der Waals surface area contributed by atoms with E-state index in [0.29, 0.717) is 9.76 Å². The smallest absolute Gasteiger partial charge is 0.237 e. The van der Waals surface area contributed by atoms with Gasteiger partial charge in [0.05, 0.1) is 11.1 Å². The Balaban J connectivity index is 0.00000261. The van der Waals surface area contributed by atoms with Gasteiger partial charge in [-0.3, -0.25) is 4.99 Å². The number of benzene rings is 2. The maximum Gasteiger partial charge on any atom is 0.237 e. The second-order valence-electron chi connectivity index (χ2n) is 7.70. The van der Waals surface area contributed by atoms with Crippen LogP contribution in [0.15, 0.2) is 65.7 Å². The highest BCUT2D eigenvalue weighted by Crippen LogP contribution is 2.44. The lowest BCUT2D eigenvalue weighted by Gasteiger charge is -2.40. The molecule has 2 aromatic carbocycles. The van der Waals surface area contributed by atoms with Gasteiger partial charge in [-0.05, 0) is 35.3 Å². The van der Waals surface area contributed by atoms with E-state index in [-0.39, 0.29) is 23.5 Å². The van der Waals surface area contributed by atoms with Gasteiger partial charge in [-0.2, -0.15) is 0 Å². The zero-order valence-corrected chi connectivity index (χ0v) is 19.1. The summed E-state index contributed by atoms with van der Waals surface area (Å²) in [6.07, 6.45) is 4.18. The maximum absolute atomic E-state index is 6.85. The molecule has 0 spiro atoms. The highest BCUT2D eigenvalue weighted by atomic mass is 35.5. The molecule has 27 heavy (non-hydrogen) atoms. The van der Waals surface area contributed by atoms with Crippen LogP contribution in [0.2, 0.25) is 5.04 Å². The number of hydrogen-bond acceptors (Lipinski definition) is 3. The van der Waals surface area contributed by atoms with E-state index in [1.54, 1.807) is 11.8 Å². The Morgan fingerprint density at radius 2 is 1.48 bits per heavy atom. The first kappa shape index (κ1) is 22.2. The van der Waals surface area contributed by atoms with Gasteiger partial charge in [-0.25, -0.2) is 0 Å². The van der Waals surface area contributed by atoms with E-state index in [1.165, 1.54) is 16.2 Å². The summed E-state index contributed by atoms with van der Waals surface area (Å²) >= 11 is 1.76. The van der Waals surface area contributed by atoms with E-state index in [9.17, 15) is 0 Å². The van der Waals surface area contributed by atoms with E-state index >= 15 is 0 Å². The predicted molar refractivity (Wildman–Crippen MR) is 121 cm³/mol. The molecular formula is C22H28ClNOSSi. The second-order valence-corrected chi connectivity index (χ2v) is 10.5. The SMILES string of the molecule is CSC1=N[C@@H](C(O[Si]C(C)(C)C)(c2ccccc2)c2ccccc2)CC1.Cl. The third-order valence-electron chi connectivity index (χ3n) is 4.56. The van der Waals surface area contributed by atoms with Crippen molar-refractivity contribution in [2.45, 2.75) is 50.3 Å². The molecule has 1 heterocycles. The van der Waals surface area contributed by atoms with Crippen molar-refractivity contribution >= 4 is 39.0 Å². The summed E-state index contributed by atoms with van der Waals surface area (Å²) in [6, 6.07) is 21.4. The zero-order chi connectivity index (χ0) is 18.6. The van der Waals surface area contributed by atoms with Crippen molar-refractivity contribution in [2.24, 2.45) is 4.99 Å². The Morgan fingerprint density at radius 3 is 1.89 bits per heavy atom. The fraction of sp³-hybridized carbons (Fsp3) is 0.409. The average molecular weight is 418 g/mol. The van der Waals surface area contributed by atoms with Crippen LogP contribution >= 0.6 is 24.2 Å². The van der Waals surface area contributed by atoms with Gasteiger partial charge < -0.3 is 4.43 Å². The normalized spacial score (nSPS) is 17.3. The topological polar surface area (TPSA) is 21.6 Å². The summed E-state index contributed by atoms with van der Waals surface area (Å²) < 4.78 is 6.85. The maximum atomic E-state index is 6.85. The average Bonchev–Trinajstić information content (AvgIpc) is 3.13. The van der Waals surface area contributed by atoms with Crippen LogP contribution in [0.4, 0.5) is 0 Å². The van der Waals surface area contributed by atoms with E-state index < -0.39 is 5.60 Å². The first-order valence-electron chi connectivity index (χ1n) is 9.12. The Morgan fingerprint density at radius 1 is 0.963 bits per heavy atom. The van der Waals surface area contributed by atoms with Gasteiger partial charge in [0.1, 0.15) is 5.60 Å². The van der Waals surface area contributed by atoms with Gasteiger partial charge in [0.2, 0.25) is 9.76 Å². The molecule has 1 aliphatic heterocycles. The highest BCUT2D eigenvalue weighted by Gasteiger charge is 2.45. The minimum Gasteiger partial charge on any atom is -0.401 e. The Bertz CT molecular complexity index is 706. The van der Waals surface area contributed by atoms with Crippen LogP contribution in [-0.2, 0) is 10.0 Å². The number of thioether (sulfide) groups is 1. The van der Waals surface area contributed by atoms with Gasteiger partial charge in [0.25, 0.3) is 0 Å².